The summed E-state index contributed by atoms with van der Waals surface area (Å²) in [6, 6.07) is 30.5. The minimum absolute atomic E-state index is 0.244. The molecule has 1 fully saturated rings. The van der Waals surface area contributed by atoms with Crippen LogP contribution in [0.15, 0.2) is 91.0 Å². The highest BCUT2D eigenvalue weighted by Gasteiger charge is 2.55. The molecule has 5 nitrogen and oxygen atoms in total. The Labute approximate surface area is 229 Å². The Balaban J connectivity index is 1.75. The first-order chi connectivity index (χ1) is 18.0. The fraction of sp³-hybridized carbons (Fsp3) is 0.406. The summed E-state index contributed by atoms with van der Waals surface area (Å²) in [7, 11) is -3.09. The van der Waals surface area contributed by atoms with Crippen molar-refractivity contribution in [1.29, 1.82) is 0 Å². The summed E-state index contributed by atoms with van der Waals surface area (Å²) in [5.41, 5.74) is 1.56. The first-order valence-electron chi connectivity index (χ1n) is 13.5. The fourth-order valence-electron chi connectivity index (χ4n) is 5.10. The van der Waals surface area contributed by atoms with E-state index in [-0.39, 0.29) is 23.3 Å². The molecule has 202 valence electrons. The van der Waals surface area contributed by atoms with Crippen molar-refractivity contribution in [3.05, 3.63) is 102 Å². The zero-order chi connectivity index (χ0) is 27.4. The molecule has 1 saturated heterocycles. The summed E-state index contributed by atoms with van der Waals surface area (Å²) in [5, 5.41) is 0.801. The van der Waals surface area contributed by atoms with E-state index in [0.717, 1.165) is 16.3 Å². The maximum absolute atomic E-state index is 13.4. The highest BCUT2D eigenvalue weighted by molar-refractivity contribution is 6.83. The van der Waals surface area contributed by atoms with E-state index in [0.29, 0.717) is 19.6 Å². The molecular formula is C32H41NO4Si. The minimum atomic E-state index is -3.09. The number of amides is 1. The van der Waals surface area contributed by atoms with Crippen LogP contribution in [-0.2, 0) is 20.2 Å². The standard InChI is InChI=1S/C32H41NO4Si/c1-31(2,3)36-30(34)33-23-22-28(29(33)26-18-12-8-13-19-26)37-38(32(4,5)6,27-20-14-9-15-21-27)35-24-25-16-10-7-11-17-25/h7-21,28-29H,22-24H2,1-6H3/t28-,29-,38-/m0/s1. The number of carbonyl (C=O) groups is 1. The lowest BCUT2D eigenvalue weighted by atomic mass is 10.0. The van der Waals surface area contributed by atoms with Gasteiger partial charge in [-0.15, -0.1) is 0 Å². The van der Waals surface area contributed by atoms with Gasteiger partial charge in [0.1, 0.15) is 5.60 Å². The molecule has 1 heterocycles. The van der Waals surface area contributed by atoms with Gasteiger partial charge in [0.2, 0.25) is 0 Å². The van der Waals surface area contributed by atoms with Crippen LogP contribution in [0.25, 0.3) is 0 Å². The SMILES string of the molecule is CC(C)(C)OC(=O)N1CC[C@H](O[Si@@](OCc2ccccc2)(c2ccccc2)C(C)(C)C)[C@@H]1c1ccccc1. The Morgan fingerprint density at radius 3 is 1.95 bits per heavy atom. The maximum Gasteiger partial charge on any atom is 0.410 e. The summed E-state index contributed by atoms with van der Waals surface area (Å²) >= 11 is 0. The lowest BCUT2D eigenvalue weighted by molar-refractivity contribution is 0.0129. The van der Waals surface area contributed by atoms with Crippen molar-refractivity contribution in [3.63, 3.8) is 0 Å². The minimum Gasteiger partial charge on any atom is -0.444 e. The van der Waals surface area contributed by atoms with Crippen molar-refractivity contribution in [2.75, 3.05) is 6.54 Å². The van der Waals surface area contributed by atoms with E-state index >= 15 is 0 Å². The molecule has 4 rings (SSSR count). The van der Waals surface area contributed by atoms with Gasteiger partial charge in [-0.2, -0.15) is 0 Å². The van der Waals surface area contributed by atoms with E-state index in [9.17, 15) is 4.79 Å². The summed E-state index contributed by atoms with van der Waals surface area (Å²) in [6.07, 6.45) is 0.141. The zero-order valence-electron chi connectivity index (χ0n) is 23.5. The molecule has 6 heteroatoms. The van der Waals surface area contributed by atoms with Gasteiger partial charge in [-0.25, -0.2) is 4.79 Å². The molecule has 0 aliphatic carbocycles. The summed E-state index contributed by atoms with van der Waals surface area (Å²) < 4.78 is 20.1. The molecule has 3 aromatic rings. The first kappa shape index (κ1) is 28.1. The number of rotatable bonds is 7. The van der Waals surface area contributed by atoms with Crippen LogP contribution in [0.1, 0.15) is 65.1 Å². The lowest BCUT2D eigenvalue weighted by Gasteiger charge is -2.44. The number of benzene rings is 3. The van der Waals surface area contributed by atoms with Crippen LogP contribution in [0.3, 0.4) is 0 Å². The molecule has 0 radical (unpaired) electrons. The van der Waals surface area contributed by atoms with Gasteiger partial charge in [0.05, 0.1) is 18.8 Å². The number of likely N-dealkylation sites (tertiary alicyclic amines) is 1. The third-order valence-corrected chi connectivity index (χ3v) is 11.1. The molecule has 0 unspecified atom stereocenters. The smallest absolute Gasteiger partial charge is 0.410 e. The third-order valence-electron chi connectivity index (χ3n) is 6.86. The van der Waals surface area contributed by atoms with Gasteiger partial charge >= 0.3 is 14.7 Å². The maximum atomic E-state index is 13.4. The molecule has 1 aliphatic heterocycles. The quantitative estimate of drug-likeness (QED) is 0.305. The summed E-state index contributed by atoms with van der Waals surface area (Å²) in [6.45, 7) is 13.3. The van der Waals surface area contributed by atoms with Crippen LogP contribution in [0.4, 0.5) is 4.79 Å². The van der Waals surface area contributed by atoms with Crippen LogP contribution in [-0.4, -0.2) is 37.8 Å². The van der Waals surface area contributed by atoms with E-state index < -0.39 is 14.2 Å². The van der Waals surface area contributed by atoms with Crippen LogP contribution < -0.4 is 5.19 Å². The average Bonchev–Trinajstić information content (AvgIpc) is 3.30. The van der Waals surface area contributed by atoms with Crippen molar-refractivity contribution >= 4 is 19.8 Å². The van der Waals surface area contributed by atoms with Crippen LogP contribution in [0.2, 0.25) is 5.04 Å². The largest absolute Gasteiger partial charge is 0.444 e. The van der Waals surface area contributed by atoms with Gasteiger partial charge in [0.25, 0.3) is 0 Å². The second-order valence-electron chi connectivity index (χ2n) is 12.0. The Morgan fingerprint density at radius 2 is 1.39 bits per heavy atom. The number of ether oxygens (including phenoxy) is 1. The molecular weight excluding hydrogens is 490 g/mol. The van der Waals surface area contributed by atoms with E-state index in [4.69, 9.17) is 13.6 Å². The number of hydrogen-bond donors (Lipinski definition) is 0. The highest BCUT2D eigenvalue weighted by Crippen LogP contribution is 2.44. The Kier molecular flexibility index (Phi) is 8.45. The Morgan fingerprint density at radius 1 is 0.842 bits per heavy atom. The summed E-state index contributed by atoms with van der Waals surface area (Å²) in [4.78, 5) is 15.2. The molecule has 38 heavy (non-hydrogen) atoms. The van der Waals surface area contributed by atoms with Gasteiger partial charge in [-0.3, -0.25) is 4.90 Å². The Hall–Kier alpha value is -2.93. The van der Waals surface area contributed by atoms with E-state index in [2.05, 4.69) is 57.2 Å². The van der Waals surface area contributed by atoms with Crippen LogP contribution in [0.5, 0.6) is 0 Å². The van der Waals surface area contributed by atoms with Crippen molar-refractivity contribution < 1.29 is 18.4 Å². The van der Waals surface area contributed by atoms with Gasteiger partial charge < -0.3 is 13.6 Å². The molecule has 1 aliphatic rings. The molecule has 3 aromatic carbocycles. The van der Waals surface area contributed by atoms with Gasteiger partial charge in [0.15, 0.2) is 0 Å². The van der Waals surface area contributed by atoms with E-state index in [1.165, 1.54) is 0 Å². The molecule has 0 spiro atoms. The van der Waals surface area contributed by atoms with Crippen molar-refractivity contribution in [2.45, 2.75) is 77.4 Å². The van der Waals surface area contributed by atoms with Crippen molar-refractivity contribution in [1.82, 2.24) is 4.90 Å². The number of carbonyl (C=O) groups excluding carboxylic acids is 1. The lowest BCUT2D eigenvalue weighted by Crippen LogP contribution is -2.62. The predicted octanol–water partition coefficient (Wildman–Crippen LogP) is 7.12. The van der Waals surface area contributed by atoms with Crippen molar-refractivity contribution in [3.8, 4) is 0 Å². The fourth-order valence-corrected chi connectivity index (χ4v) is 8.80. The normalized spacial score (nSPS) is 19.7. The molecule has 0 N–H and O–H groups in total. The average molecular weight is 532 g/mol. The molecule has 0 aromatic heterocycles. The first-order valence-corrected chi connectivity index (χ1v) is 15.3. The van der Waals surface area contributed by atoms with Gasteiger partial charge in [-0.1, -0.05) is 112 Å². The monoisotopic (exact) mass is 531 g/mol. The van der Waals surface area contributed by atoms with Gasteiger partial charge in [0, 0.05) is 11.6 Å². The Bertz CT molecular complexity index is 1170. The molecule has 1 amide bonds. The second-order valence-corrected chi connectivity index (χ2v) is 15.8. The predicted molar refractivity (Wildman–Crippen MR) is 154 cm³/mol. The van der Waals surface area contributed by atoms with E-state index in [1.807, 2.05) is 80.3 Å². The number of hydrogen-bond acceptors (Lipinski definition) is 4. The van der Waals surface area contributed by atoms with Gasteiger partial charge in [-0.05, 0) is 43.5 Å². The van der Waals surface area contributed by atoms with Crippen LogP contribution >= 0.6 is 0 Å². The second kappa shape index (κ2) is 11.4. The number of nitrogens with zero attached hydrogens (tertiary/aromatic N) is 1. The summed E-state index contributed by atoms with van der Waals surface area (Å²) in [5.74, 6) is 0. The van der Waals surface area contributed by atoms with Crippen LogP contribution in [0, 0.1) is 0 Å². The van der Waals surface area contributed by atoms with E-state index in [1.54, 1.807) is 0 Å². The highest BCUT2D eigenvalue weighted by atomic mass is 28.4. The van der Waals surface area contributed by atoms with Crippen molar-refractivity contribution in [2.24, 2.45) is 0 Å². The third kappa shape index (κ3) is 6.37. The molecule has 0 saturated carbocycles. The molecule has 3 atom stereocenters. The topological polar surface area (TPSA) is 48.0 Å². The zero-order valence-corrected chi connectivity index (χ0v) is 24.5. The molecule has 0 bridgehead atoms.